The summed E-state index contributed by atoms with van der Waals surface area (Å²) in [6, 6.07) is 11.9. The second-order valence-corrected chi connectivity index (χ2v) is 13.5. The quantitative estimate of drug-likeness (QED) is 0.358. The number of anilines is 1. The largest absolute Gasteiger partial charge is 0.478 e. The lowest BCUT2D eigenvalue weighted by molar-refractivity contribution is 0.0453. The van der Waals surface area contributed by atoms with Crippen LogP contribution in [-0.4, -0.2) is 40.4 Å². The number of carbonyl (C=O) groups excluding carboxylic acids is 1. The van der Waals surface area contributed by atoms with Crippen LogP contribution in [0.25, 0.3) is 22.2 Å². The van der Waals surface area contributed by atoms with Crippen LogP contribution in [0.2, 0.25) is 0 Å². The van der Waals surface area contributed by atoms with Crippen molar-refractivity contribution in [3.63, 3.8) is 0 Å². The van der Waals surface area contributed by atoms with Crippen molar-refractivity contribution in [2.24, 2.45) is 5.41 Å². The molecular formula is C33H41N3O4. The SMILES string of the molecule is CC(C)(C)OC(=O)N[C@H]1c2cccc3c2N(CCn2c-3c(C3CCCCC3)c3ccc(C(=O)O)cc32)CC1(C)C. The number of alkyl carbamates (subject to hydrolysis) is 1. The number of hydrogen-bond acceptors (Lipinski definition) is 4. The second kappa shape index (κ2) is 9.57. The molecule has 40 heavy (non-hydrogen) atoms. The first kappa shape index (κ1) is 26.7. The lowest BCUT2D eigenvalue weighted by atomic mass is 9.75. The van der Waals surface area contributed by atoms with Gasteiger partial charge in [0, 0.05) is 41.5 Å². The predicted molar refractivity (Wildman–Crippen MR) is 158 cm³/mol. The van der Waals surface area contributed by atoms with Gasteiger partial charge in [-0.3, -0.25) is 0 Å². The number of aromatic carboxylic acids is 1. The summed E-state index contributed by atoms with van der Waals surface area (Å²) in [5.74, 6) is -0.452. The summed E-state index contributed by atoms with van der Waals surface area (Å²) in [5.41, 5.74) is 6.58. The van der Waals surface area contributed by atoms with E-state index in [4.69, 9.17) is 4.74 Å². The zero-order valence-electron chi connectivity index (χ0n) is 24.3. The fourth-order valence-corrected chi connectivity index (χ4v) is 7.37. The van der Waals surface area contributed by atoms with Crippen molar-refractivity contribution in [2.75, 3.05) is 18.0 Å². The fourth-order valence-electron chi connectivity index (χ4n) is 7.37. The van der Waals surface area contributed by atoms with Crippen LogP contribution in [0.15, 0.2) is 36.4 Å². The van der Waals surface area contributed by atoms with E-state index in [0.717, 1.165) is 43.6 Å². The highest BCUT2D eigenvalue weighted by atomic mass is 16.6. The number of carboxylic acids is 1. The Labute approximate surface area is 236 Å². The Bertz CT molecular complexity index is 1490. The predicted octanol–water partition coefficient (Wildman–Crippen LogP) is 7.48. The van der Waals surface area contributed by atoms with Gasteiger partial charge in [-0.25, -0.2) is 9.59 Å². The van der Waals surface area contributed by atoms with Crippen molar-refractivity contribution in [3.05, 3.63) is 53.1 Å². The monoisotopic (exact) mass is 543 g/mol. The smallest absolute Gasteiger partial charge is 0.408 e. The van der Waals surface area contributed by atoms with Gasteiger partial charge in [-0.1, -0.05) is 57.4 Å². The van der Waals surface area contributed by atoms with E-state index in [-0.39, 0.29) is 11.5 Å². The van der Waals surface area contributed by atoms with Crippen molar-refractivity contribution in [1.82, 2.24) is 9.88 Å². The van der Waals surface area contributed by atoms with Crippen molar-refractivity contribution < 1.29 is 19.4 Å². The Balaban J connectivity index is 1.56. The highest BCUT2D eigenvalue weighted by molar-refractivity contribution is 6.00. The van der Waals surface area contributed by atoms with Gasteiger partial charge < -0.3 is 24.6 Å². The molecule has 3 aromatic rings. The standard InChI is InChI=1S/C33H41N3O4/c1-32(2,3)40-31(39)34-29-24-13-9-12-23-27(24)35(19-33(29,4)5)16-17-36-25-18-21(30(37)38)14-15-22(25)26(28(23)36)20-10-7-6-8-11-20/h9,12-15,18,20,29H,6-8,10-11,16-17,19H2,1-5H3,(H,34,39)(H,37,38)/t29-/m0/s1. The molecular weight excluding hydrogens is 502 g/mol. The summed E-state index contributed by atoms with van der Waals surface area (Å²) in [5, 5.41) is 14.2. The molecule has 2 N–H and O–H groups in total. The first-order valence-electron chi connectivity index (χ1n) is 14.7. The normalized spacial score (nSPS) is 20.4. The number of carboxylic acid groups (broad SMARTS) is 1. The van der Waals surface area contributed by atoms with Crippen LogP contribution < -0.4 is 10.2 Å². The van der Waals surface area contributed by atoms with Crippen LogP contribution >= 0.6 is 0 Å². The minimum Gasteiger partial charge on any atom is -0.478 e. The number of benzene rings is 2. The first-order chi connectivity index (χ1) is 18.9. The van der Waals surface area contributed by atoms with Crippen molar-refractivity contribution in [1.29, 1.82) is 0 Å². The summed E-state index contributed by atoms with van der Waals surface area (Å²) in [4.78, 5) is 27.4. The summed E-state index contributed by atoms with van der Waals surface area (Å²) in [6.07, 6.45) is 5.62. The number of nitrogens with zero attached hydrogens (tertiary/aromatic N) is 2. The van der Waals surface area contributed by atoms with E-state index in [1.807, 2.05) is 32.9 Å². The Hall–Kier alpha value is -3.48. The average molecular weight is 544 g/mol. The fraction of sp³-hybridized carbons (Fsp3) is 0.515. The molecule has 0 unspecified atom stereocenters. The van der Waals surface area contributed by atoms with E-state index in [0.29, 0.717) is 11.5 Å². The molecule has 0 spiro atoms. The summed E-state index contributed by atoms with van der Waals surface area (Å²) in [7, 11) is 0. The van der Waals surface area contributed by atoms with Gasteiger partial charge in [0.25, 0.3) is 0 Å². The molecule has 1 saturated carbocycles. The molecule has 3 aliphatic rings. The summed E-state index contributed by atoms with van der Waals surface area (Å²) in [6.45, 7) is 12.4. The molecule has 0 bridgehead atoms. The molecule has 2 aromatic carbocycles. The van der Waals surface area contributed by atoms with Crippen LogP contribution in [0.5, 0.6) is 0 Å². The Morgan fingerprint density at radius 1 is 1.05 bits per heavy atom. The minimum absolute atomic E-state index is 0.207. The number of amides is 1. The topological polar surface area (TPSA) is 83.8 Å². The molecule has 7 heteroatoms. The third kappa shape index (κ3) is 4.53. The van der Waals surface area contributed by atoms with Gasteiger partial charge in [-0.2, -0.15) is 0 Å². The van der Waals surface area contributed by atoms with E-state index in [1.165, 1.54) is 47.2 Å². The lowest BCUT2D eigenvalue weighted by Crippen LogP contribution is -2.50. The van der Waals surface area contributed by atoms with Crippen LogP contribution in [0, 0.1) is 5.41 Å². The molecule has 1 amide bonds. The number of carbonyl (C=O) groups is 2. The molecule has 3 heterocycles. The van der Waals surface area contributed by atoms with Gasteiger partial charge in [0.05, 0.1) is 23.0 Å². The van der Waals surface area contributed by atoms with Gasteiger partial charge >= 0.3 is 12.1 Å². The molecule has 0 saturated heterocycles. The van der Waals surface area contributed by atoms with E-state index in [2.05, 4.69) is 46.8 Å². The number of fused-ring (bicyclic) bond motifs is 4. The maximum absolute atomic E-state index is 13.0. The minimum atomic E-state index is -0.898. The van der Waals surface area contributed by atoms with Crippen molar-refractivity contribution in [2.45, 2.75) is 90.8 Å². The highest BCUT2D eigenvalue weighted by Gasteiger charge is 2.43. The lowest BCUT2D eigenvalue weighted by Gasteiger charge is -2.46. The maximum Gasteiger partial charge on any atom is 0.408 e. The van der Waals surface area contributed by atoms with Gasteiger partial charge in [-0.05, 0) is 62.8 Å². The molecule has 1 atom stereocenters. The number of ether oxygens (including phenoxy) is 1. The zero-order valence-corrected chi connectivity index (χ0v) is 24.3. The molecule has 7 nitrogen and oxygen atoms in total. The van der Waals surface area contributed by atoms with E-state index in [1.54, 1.807) is 6.07 Å². The molecule has 2 aliphatic heterocycles. The maximum atomic E-state index is 13.0. The van der Waals surface area contributed by atoms with Gasteiger partial charge in [-0.15, -0.1) is 0 Å². The molecule has 0 radical (unpaired) electrons. The summed E-state index contributed by atoms with van der Waals surface area (Å²) >= 11 is 0. The Morgan fingerprint density at radius 3 is 2.50 bits per heavy atom. The van der Waals surface area contributed by atoms with E-state index < -0.39 is 17.7 Å². The third-order valence-corrected chi connectivity index (χ3v) is 8.95. The number of hydrogen-bond donors (Lipinski definition) is 2. The number of nitrogens with one attached hydrogen (secondary N) is 1. The van der Waals surface area contributed by atoms with Gasteiger partial charge in [0.2, 0.25) is 0 Å². The van der Waals surface area contributed by atoms with Crippen LogP contribution in [-0.2, 0) is 11.3 Å². The van der Waals surface area contributed by atoms with Crippen LogP contribution in [0.3, 0.4) is 0 Å². The second-order valence-electron chi connectivity index (χ2n) is 13.5. The van der Waals surface area contributed by atoms with E-state index in [9.17, 15) is 14.7 Å². The van der Waals surface area contributed by atoms with Gasteiger partial charge in [0.1, 0.15) is 5.60 Å². The number of aromatic nitrogens is 1. The Kier molecular flexibility index (Phi) is 6.39. The van der Waals surface area contributed by atoms with Crippen LogP contribution in [0.1, 0.15) is 100 Å². The van der Waals surface area contributed by atoms with Gasteiger partial charge in [0.15, 0.2) is 0 Å². The van der Waals surface area contributed by atoms with Crippen molar-refractivity contribution >= 4 is 28.7 Å². The Morgan fingerprint density at radius 2 is 1.80 bits per heavy atom. The molecule has 1 fully saturated rings. The third-order valence-electron chi connectivity index (χ3n) is 8.95. The molecule has 1 aromatic heterocycles. The average Bonchev–Trinajstić information content (AvgIpc) is 3.12. The molecule has 6 rings (SSSR count). The summed E-state index contributed by atoms with van der Waals surface area (Å²) < 4.78 is 8.06. The molecule has 1 aliphatic carbocycles. The van der Waals surface area contributed by atoms with E-state index >= 15 is 0 Å². The zero-order chi connectivity index (χ0) is 28.4. The van der Waals surface area contributed by atoms with Crippen molar-refractivity contribution in [3.8, 4) is 11.3 Å². The number of para-hydroxylation sites is 1. The first-order valence-corrected chi connectivity index (χ1v) is 14.7. The highest BCUT2D eigenvalue weighted by Crippen LogP contribution is 2.53. The molecule has 212 valence electrons. The van der Waals surface area contributed by atoms with Crippen LogP contribution in [0.4, 0.5) is 10.5 Å². The number of rotatable bonds is 3.